The molecule has 0 unspecified atom stereocenters. The molecular weight excluding hydrogens is 657 g/mol. The van der Waals surface area contributed by atoms with E-state index in [0.717, 1.165) is 33.4 Å². The van der Waals surface area contributed by atoms with Gasteiger partial charge in [0, 0.05) is 23.3 Å². The molecule has 0 saturated carbocycles. The summed E-state index contributed by atoms with van der Waals surface area (Å²) in [6, 6.07) is 37.9. The van der Waals surface area contributed by atoms with Crippen molar-refractivity contribution in [3.05, 3.63) is 130 Å². The molecule has 0 aliphatic carbocycles. The zero-order valence-electron chi connectivity index (χ0n) is 35.4. The van der Waals surface area contributed by atoms with Crippen molar-refractivity contribution in [2.75, 3.05) is 14.2 Å². The van der Waals surface area contributed by atoms with Gasteiger partial charge >= 0.3 is 0 Å². The van der Waals surface area contributed by atoms with Crippen LogP contribution < -0.4 is 9.47 Å². The Morgan fingerprint density at radius 3 is 0.944 bits per heavy atom. The molecule has 2 heteroatoms. The number of benzene rings is 6. The van der Waals surface area contributed by atoms with E-state index < -0.39 is 0 Å². The van der Waals surface area contributed by atoms with Gasteiger partial charge in [0.15, 0.2) is 0 Å². The first-order valence-electron chi connectivity index (χ1n) is 20.0. The van der Waals surface area contributed by atoms with E-state index in [1.807, 2.05) is 0 Å². The van der Waals surface area contributed by atoms with Crippen LogP contribution in [0.25, 0.3) is 43.8 Å². The third-order valence-corrected chi connectivity index (χ3v) is 10.7. The van der Waals surface area contributed by atoms with Gasteiger partial charge in [0.25, 0.3) is 0 Å². The average molecular weight is 719 g/mol. The molecule has 0 saturated heterocycles. The number of methoxy groups -OCH3 is 2. The van der Waals surface area contributed by atoms with Crippen molar-refractivity contribution in [3.63, 3.8) is 0 Å². The average Bonchev–Trinajstić information content (AvgIpc) is 3.15. The van der Waals surface area contributed by atoms with Gasteiger partial charge in [0.1, 0.15) is 11.5 Å². The summed E-state index contributed by atoms with van der Waals surface area (Å²) in [4.78, 5) is 0. The Morgan fingerprint density at radius 2 is 0.685 bits per heavy atom. The Morgan fingerprint density at radius 1 is 0.389 bits per heavy atom. The fraction of sp³-hybridized carbons (Fsp3) is 0.385. The second kappa shape index (κ2) is 17.3. The van der Waals surface area contributed by atoms with Crippen molar-refractivity contribution >= 4 is 21.5 Å². The predicted molar refractivity (Wildman–Crippen MR) is 234 cm³/mol. The van der Waals surface area contributed by atoms with Crippen molar-refractivity contribution in [2.45, 2.75) is 119 Å². The highest BCUT2D eigenvalue weighted by atomic mass is 16.5. The molecular formula is C52H62O2. The lowest BCUT2D eigenvalue weighted by atomic mass is 9.81. The quantitative estimate of drug-likeness (QED) is 0.140. The summed E-state index contributed by atoms with van der Waals surface area (Å²) >= 11 is 0. The van der Waals surface area contributed by atoms with Crippen LogP contribution in [-0.2, 0) is 0 Å². The van der Waals surface area contributed by atoms with Crippen LogP contribution in [0.3, 0.4) is 0 Å². The van der Waals surface area contributed by atoms with E-state index in [0.29, 0.717) is 35.5 Å². The number of rotatable bonds is 10. The van der Waals surface area contributed by atoms with Crippen molar-refractivity contribution in [3.8, 4) is 33.8 Å². The number of fused-ring (bicyclic) bond motifs is 2. The Hall–Kier alpha value is -4.56. The van der Waals surface area contributed by atoms with E-state index in [2.05, 4.69) is 180 Å². The largest absolute Gasteiger partial charge is 0.495 e. The van der Waals surface area contributed by atoms with Crippen molar-refractivity contribution < 1.29 is 9.47 Å². The van der Waals surface area contributed by atoms with E-state index in [1.54, 1.807) is 14.2 Å². The Balaban J connectivity index is 0.000000208. The first kappa shape index (κ1) is 40.6. The maximum atomic E-state index is 5.80. The molecule has 0 atom stereocenters. The van der Waals surface area contributed by atoms with Crippen LogP contribution in [0.1, 0.15) is 152 Å². The molecule has 0 heterocycles. The van der Waals surface area contributed by atoms with Gasteiger partial charge in [-0.05, 0) is 114 Å². The summed E-state index contributed by atoms with van der Waals surface area (Å²) in [5.41, 5.74) is 13.4. The third-order valence-electron chi connectivity index (χ3n) is 10.7. The second-order valence-corrected chi connectivity index (χ2v) is 16.7. The Bertz CT molecular complexity index is 2000. The van der Waals surface area contributed by atoms with Gasteiger partial charge < -0.3 is 9.47 Å². The maximum absolute atomic E-state index is 5.80. The highest BCUT2D eigenvalue weighted by Gasteiger charge is 2.23. The zero-order chi connectivity index (χ0) is 39.4. The fourth-order valence-corrected chi connectivity index (χ4v) is 7.52. The van der Waals surface area contributed by atoms with Gasteiger partial charge in [0.2, 0.25) is 0 Å². The van der Waals surface area contributed by atoms with Crippen LogP contribution in [0.4, 0.5) is 0 Å². The van der Waals surface area contributed by atoms with Gasteiger partial charge in [0.05, 0.1) is 14.2 Å². The van der Waals surface area contributed by atoms with Crippen molar-refractivity contribution in [2.24, 2.45) is 0 Å². The molecule has 0 spiro atoms. The van der Waals surface area contributed by atoms with Gasteiger partial charge in [-0.15, -0.1) is 0 Å². The highest BCUT2D eigenvalue weighted by molar-refractivity contribution is 5.93. The van der Waals surface area contributed by atoms with Gasteiger partial charge in [-0.2, -0.15) is 0 Å². The summed E-state index contributed by atoms with van der Waals surface area (Å²) in [5.74, 6) is 4.43. The molecule has 0 bridgehead atoms. The van der Waals surface area contributed by atoms with E-state index in [1.165, 1.54) is 55.3 Å². The highest BCUT2D eigenvalue weighted by Crippen LogP contribution is 2.45. The summed E-state index contributed by atoms with van der Waals surface area (Å²) in [7, 11) is 3.49. The fourth-order valence-electron chi connectivity index (χ4n) is 7.52. The smallest absolute Gasteiger partial charge is 0.135 e. The summed E-state index contributed by atoms with van der Waals surface area (Å²) in [6.07, 6.45) is 0. The molecule has 2 nitrogen and oxygen atoms in total. The summed E-state index contributed by atoms with van der Waals surface area (Å²) in [6.45, 7) is 27.3. The molecule has 0 amide bonds. The molecule has 0 fully saturated rings. The topological polar surface area (TPSA) is 18.5 Å². The summed E-state index contributed by atoms with van der Waals surface area (Å²) in [5, 5.41) is 4.58. The van der Waals surface area contributed by atoms with E-state index in [4.69, 9.17) is 9.47 Å². The molecule has 54 heavy (non-hydrogen) atoms. The van der Waals surface area contributed by atoms with E-state index >= 15 is 0 Å². The minimum Gasteiger partial charge on any atom is -0.495 e. The first-order chi connectivity index (χ1) is 25.7. The molecule has 6 rings (SSSR count). The van der Waals surface area contributed by atoms with Crippen LogP contribution in [-0.4, -0.2) is 14.2 Å². The minimum absolute atomic E-state index is 0.437. The maximum Gasteiger partial charge on any atom is 0.135 e. The second-order valence-electron chi connectivity index (χ2n) is 16.7. The van der Waals surface area contributed by atoms with Crippen LogP contribution in [0.5, 0.6) is 11.5 Å². The normalized spacial score (nSPS) is 11.8. The van der Waals surface area contributed by atoms with Crippen LogP contribution in [0, 0.1) is 12.1 Å². The number of ether oxygens (including phenoxy) is 2. The number of hydrogen-bond donors (Lipinski definition) is 0. The van der Waals surface area contributed by atoms with Crippen LogP contribution in [0.2, 0.25) is 0 Å². The number of hydrogen-bond acceptors (Lipinski definition) is 2. The summed E-state index contributed by atoms with van der Waals surface area (Å²) < 4.78 is 11.6. The van der Waals surface area contributed by atoms with Crippen LogP contribution in [0.15, 0.2) is 84.9 Å². The van der Waals surface area contributed by atoms with E-state index in [9.17, 15) is 0 Å². The molecule has 282 valence electrons. The van der Waals surface area contributed by atoms with Gasteiger partial charge in [-0.25, -0.2) is 0 Å². The van der Waals surface area contributed by atoms with Crippen molar-refractivity contribution in [1.29, 1.82) is 0 Å². The molecule has 6 aromatic carbocycles. The molecule has 0 aliphatic rings. The monoisotopic (exact) mass is 718 g/mol. The lowest BCUT2D eigenvalue weighted by molar-refractivity contribution is 0.416. The molecule has 6 aromatic rings. The van der Waals surface area contributed by atoms with Gasteiger partial charge in [-0.3, -0.25) is 0 Å². The molecule has 0 aromatic heterocycles. The molecule has 0 N–H and O–H groups in total. The molecule has 0 aliphatic heterocycles. The predicted octanol–water partition coefficient (Wildman–Crippen LogP) is 15.4. The van der Waals surface area contributed by atoms with Crippen LogP contribution >= 0.6 is 0 Å². The Kier molecular flexibility index (Phi) is 13.0. The lowest BCUT2D eigenvalue weighted by Crippen LogP contribution is -2.04. The standard InChI is InChI=1S/2C26H31O/c2*1-16(2)21-13-22(17(3)4)26(23(14-21)18(5)6)24-12-19-10-8-9-11-20(19)15-25(24)27-7/h2*8-14,16-18H,1-7H3. The zero-order valence-corrected chi connectivity index (χ0v) is 35.4. The van der Waals surface area contributed by atoms with Crippen molar-refractivity contribution in [1.82, 2.24) is 0 Å². The Labute approximate surface area is 326 Å². The van der Waals surface area contributed by atoms with Gasteiger partial charge in [-0.1, -0.05) is 156 Å². The van der Waals surface area contributed by atoms with E-state index in [-0.39, 0.29) is 0 Å². The SMILES string of the molecule is COc1[c]c2ccccc2cc1-c1c(C(C)C)cc(C(C)C)cc1C(C)C.COc1[c]c2ccccc2cc1-c1c(C(C)C)cc(C(C)C)cc1C(C)C. The lowest BCUT2D eigenvalue weighted by Gasteiger charge is -2.24. The first-order valence-corrected chi connectivity index (χ1v) is 20.0. The molecule has 2 radical (unpaired) electrons. The minimum atomic E-state index is 0.437. The third kappa shape index (κ3) is 8.54.